The topological polar surface area (TPSA) is 101 Å². The normalized spacial score (nSPS) is 10.8. The van der Waals surface area contributed by atoms with Crippen LogP contribution >= 0.6 is 11.6 Å². The molecule has 2 N–H and O–H groups in total. The van der Waals surface area contributed by atoms with E-state index in [9.17, 15) is 9.59 Å². The summed E-state index contributed by atoms with van der Waals surface area (Å²) in [5, 5.41) is 7.29. The van der Waals surface area contributed by atoms with Crippen LogP contribution in [0.1, 0.15) is 29.1 Å². The molecule has 0 atom stereocenters. The van der Waals surface area contributed by atoms with E-state index < -0.39 is 0 Å². The van der Waals surface area contributed by atoms with Crippen molar-refractivity contribution >= 4 is 17.5 Å². The third-order valence-corrected chi connectivity index (χ3v) is 4.34. The summed E-state index contributed by atoms with van der Waals surface area (Å²) in [4.78, 5) is 31.0. The lowest BCUT2D eigenvalue weighted by atomic mass is 10.1. The quantitative estimate of drug-likeness (QED) is 0.678. The maximum atomic E-state index is 12.1. The Labute approximate surface area is 160 Å². The highest BCUT2D eigenvalue weighted by Crippen LogP contribution is 2.19. The number of hydrogen-bond donors (Lipinski definition) is 2. The molecule has 3 rings (SSSR count). The molecule has 0 unspecified atom stereocenters. The lowest BCUT2D eigenvalue weighted by Gasteiger charge is -2.07. The van der Waals surface area contributed by atoms with Gasteiger partial charge in [-0.1, -0.05) is 16.8 Å². The molecule has 0 bridgehead atoms. The van der Waals surface area contributed by atoms with E-state index in [4.69, 9.17) is 16.1 Å². The number of nitrogens with zero attached hydrogens (tertiary/aromatic N) is 2. The summed E-state index contributed by atoms with van der Waals surface area (Å²) in [5.41, 5.74) is 2.79. The van der Waals surface area contributed by atoms with Crippen molar-refractivity contribution in [3.8, 4) is 11.4 Å². The lowest BCUT2D eigenvalue weighted by molar-refractivity contribution is -0.121. The van der Waals surface area contributed by atoms with Crippen molar-refractivity contribution < 1.29 is 9.32 Å². The van der Waals surface area contributed by atoms with Gasteiger partial charge in [-0.05, 0) is 49.7 Å². The van der Waals surface area contributed by atoms with Crippen LogP contribution in [0.4, 0.5) is 0 Å². The highest BCUT2D eigenvalue weighted by molar-refractivity contribution is 6.30. The van der Waals surface area contributed by atoms with Gasteiger partial charge in [-0.3, -0.25) is 9.59 Å². The maximum absolute atomic E-state index is 12.1. The van der Waals surface area contributed by atoms with Crippen molar-refractivity contribution in [3.63, 3.8) is 0 Å². The molecule has 2 aromatic heterocycles. The number of H-pyrrole nitrogens is 1. The summed E-state index contributed by atoms with van der Waals surface area (Å²) < 4.78 is 5.18. The Kier molecular flexibility index (Phi) is 5.71. The fourth-order valence-electron chi connectivity index (χ4n) is 2.67. The highest BCUT2D eigenvalue weighted by Gasteiger charge is 2.12. The number of benzene rings is 1. The van der Waals surface area contributed by atoms with E-state index in [1.165, 1.54) is 0 Å². The summed E-state index contributed by atoms with van der Waals surface area (Å²) in [7, 11) is 0. The third kappa shape index (κ3) is 4.83. The number of nitrogens with one attached hydrogen (secondary N) is 2. The van der Waals surface area contributed by atoms with Gasteiger partial charge in [0.2, 0.25) is 17.6 Å². The molecule has 0 fully saturated rings. The predicted molar refractivity (Wildman–Crippen MR) is 101 cm³/mol. The number of amides is 1. The first-order valence-electron chi connectivity index (χ1n) is 8.47. The van der Waals surface area contributed by atoms with Gasteiger partial charge in [0.25, 0.3) is 5.56 Å². The first-order valence-corrected chi connectivity index (χ1v) is 8.85. The molecule has 1 amide bonds. The summed E-state index contributed by atoms with van der Waals surface area (Å²) >= 11 is 5.86. The Morgan fingerprint density at radius 1 is 1.26 bits per heavy atom. The average molecular weight is 387 g/mol. The van der Waals surface area contributed by atoms with E-state index in [0.717, 1.165) is 16.8 Å². The largest absolute Gasteiger partial charge is 0.352 e. The molecule has 7 nitrogen and oxygen atoms in total. The molecule has 0 aliphatic heterocycles. The van der Waals surface area contributed by atoms with Crippen LogP contribution in [-0.2, 0) is 17.8 Å². The van der Waals surface area contributed by atoms with Crippen molar-refractivity contribution in [2.24, 2.45) is 0 Å². The molecule has 27 heavy (non-hydrogen) atoms. The van der Waals surface area contributed by atoms with Gasteiger partial charge in [-0.2, -0.15) is 4.98 Å². The second kappa shape index (κ2) is 8.18. The summed E-state index contributed by atoms with van der Waals surface area (Å²) in [6.07, 6.45) is 0.501. The number of hydrogen-bond acceptors (Lipinski definition) is 5. The minimum atomic E-state index is -0.194. The van der Waals surface area contributed by atoms with E-state index in [-0.39, 0.29) is 24.4 Å². The Bertz CT molecular complexity index is 1010. The maximum Gasteiger partial charge on any atom is 0.253 e. The molecular formula is C19H19ClN4O3. The van der Waals surface area contributed by atoms with E-state index in [1.807, 2.05) is 19.9 Å². The van der Waals surface area contributed by atoms with Crippen LogP contribution < -0.4 is 10.9 Å². The minimum absolute atomic E-state index is 0.181. The van der Waals surface area contributed by atoms with Crippen molar-refractivity contribution in [1.29, 1.82) is 0 Å². The number of aryl methyl sites for hydroxylation is 3. The summed E-state index contributed by atoms with van der Waals surface area (Å²) in [6, 6.07) is 8.96. The number of halogens is 1. The Morgan fingerprint density at radius 3 is 2.70 bits per heavy atom. The minimum Gasteiger partial charge on any atom is -0.352 e. The van der Waals surface area contributed by atoms with Crippen LogP contribution in [0.3, 0.4) is 0 Å². The van der Waals surface area contributed by atoms with Gasteiger partial charge in [0, 0.05) is 41.2 Å². The zero-order valence-corrected chi connectivity index (χ0v) is 15.8. The molecule has 8 heteroatoms. The van der Waals surface area contributed by atoms with E-state index >= 15 is 0 Å². The molecule has 0 radical (unpaired) electrons. The van der Waals surface area contributed by atoms with Crippen LogP contribution in [0.15, 0.2) is 39.6 Å². The Hall–Kier alpha value is -2.93. The predicted octanol–water partition coefficient (Wildman–Crippen LogP) is 2.94. The fourth-order valence-corrected chi connectivity index (χ4v) is 2.80. The van der Waals surface area contributed by atoms with Gasteiger partial charge < -0.3 is 14.8 Å². The molecule has 0 aliphatic rings. The van der Waals surface area contributed by atoms with E-state index in [0.29, 0.717) is 28.7 Å². The fraction of sp³-hybridized carbons (Fsp3) is 0.263. The number of pyridine rings is 1. The second-order valence-electron chi connectivity index (χ2n) is 6.24. The van der Waals surface area contributed by atoms with Crippen LogP contribution in [0, 0.1) is 13.8 Å². The standard InChI is InChI=1S/C19H19ClN4O3/c1-11-9-12(2)22-19(26)15(11)10-21-16(25)7-8-17-23-18(24-27-17)13-3-5-14(20)6-4-13/h3-6,9H,7-8,10H2,1-2H3,(H,21,25)(H,22,26). The molecule has 3 aromatic rings. The lowest BCUT2D eigenvalue weighted by Crippen LogP contribution is -2.28. The zero-order chi connectivity index (χ0) is 19.4. The number of aromatic amines is 1. The average Bonchev–Trinajstić information content (AvgIpc) is 3.08. The number of carbonyl (C=O) groups excluding carboxylic acids is 1. The first kappa shape index (κ1) is 18.8. The van der Waals surface area contributed by atoms with Crippen LogP contribution in [-0.4, -0.2) is 21.0 Å². The van der Waals surface area contributed by atoms with Gasteiger partial charge in [-0.15, -0.1) is 0 Å². The SMILES string of the molecule is Cc1cc(C)c(CNC(=O)CCc2nc(-c3ccc(Cl)cc3)no2)c(=O)[nH]1. The molecule has 2 heterocycles. The van der Waals surface area contributed by atoms with E-state index in [1.54, 1.807) is 24.3 Å². The third-order valence-electron chi connectivity index (χ3n) is 4.09. The van der Waals surface area contributed by atoms with Crippen LogP contribution in [0.25, 0.3) is 11.4 Å². The summed E-state index contributed by atoms with van der Waals surface area (Å²) in [6.45, 7) is 3.85. The van der Waals surface area contributed by atoms with Crippen molar-refractivity contribution in [1.82, 2.24) is 20.4 Å². The monoisotopic (exact) mass is 386 g/mol. The molecule has 0 saturated carbocycles. The second-order valence-corrected chi connectivity index (χ2v) is 6.67. The number of rotatable bonds is 6. The molecule has 0 aliphatic carbocycles. The molecule has 0 spiro atoms. The Morgan fingerprint density at radius 2 is 2.00 bits per heavy atom. The molecule has 140 valence electrons. The van der Waals surface area contributed by atoms with Crippen molar-refractivity contribution in [3.05, 3.63) is 68.4 Å². The van der Waals surface area contributed by atoms with Crippen LogP contribution in [0.5, 0.6) is 0 Å². The molecule has 0 saturated heterocycles. The van der Waals surface area contributed by atoms with Crippen molar-refractivity contribution in [2.75, 3.05) is 0 Å². The first-order chi connectivity index (χ1) is 12.9. The van der Waals surface area contributed by atoms with E-state index in [2.05, 4.69) is 20.4 Å². The number of aromatic nitrogens is 3. The van der Waals surface area contributed by atoms with Gasteiger partial charge in [-0.25, -0.2) is 0 Å². The van der Waals surface area contributed by atoms with Gasteiger partial charge in [0.1, 0.15) is 0 Å². The summed E-state index contributed by atoms with van der Waals surface area (Å²) in [5.74, 6) is 0.629. The van der Waals surface area contributed by atoms with Gasteiger partial charge in [0.15, 0.2) is 0 Å². The number of carbonyl (C=O) groups is 1. The van der Waals surface area contributed by atoms with Gasteiger partial charge in [0.05, 0.1) is 0 Å². The Balaban J connectivity index is 1.54. The molecular weight excluding hydrogens is 368 g/mol. The smallest absolute Gasteiger partial charge is 0.253 e. The zero-order valence-electron chi connectivity index (χ0n) is 15.0. The molecule has 1 aromatic carbocycles. The van der Waals surface area contributed by atoms with Crippen molar-refractivity contribution in [2.45, 2.75) is 33.2 Å². The van der Waals surface area contributed by atoms with Gasteiger partial charge >= 0.3 is 0 Å². The highest BCUT2D eigenvalue weighted by atomic mass is 35.5. The van der Waals surface area contributed by atoms with Crippen LogP contribution in [0.2, 0.25) is 5.02 Å².